The Balaban J connectivity index is 1.72. The highest BCUT2D eigenvalue weighted by Crippen LogP contribution is 2.15. The summed E-state index contributed by atoms with van der Waals surface area (Å²) in [6.07, 6.45) is 7.23. The minimum absolute atomic E-state index is 0.0690. The number of hydrogen-bond acceptors (Lipinski definition) is 9. The number of guanidine groups is 1. The average Bonchev–Trinajstić information content (AvgIpc) is 3.73. The van der Waals surface area contributed by atoms with E-state index in [9.17, 15) is 28.8 Å². The Morgan fingerprint density at radius 1 is 0.783 bits per heavy atom. The molecule has 1 heterocycles. The summed E-state index contributed by atoms with van der Waals surface area (Å²) in [4.78, 5) is 90.6. The third kappa shape index (κ3) is 17.3. The zero-order chi connectivity index (χ0) is 44.0. The summed E-state index contributed by atoms with van der Waals surface area (Å²) in [6, 6.07) is 12.3. The van der Waals surface area contributed by atoms with E-state index >= 15 is 0 Å². The maximum atomic E-state index is 13.8. The van der Waals surface area contributed by atoms with Gasteiger partial charge in [-0.2, -0.15) is 0 Å². The second kappa shape index (κ2) is 25.3. The van der Waals surface area contributed by atoms with Gasteiger partial charge in [-0.1, -0.05) is 69.7 Å². The van der Waals surface area contributed by atoms with Crippen molar-refractivity contribution in [3.05, 3.63) is 83.9 Å². The van der Waals surface area contributed by atoms with Crippen LogP contribution in [0.1, 0.15) is 83.5 Å². The van der Waals surface area contributed by atoms with Crippen LogP contribution >= 0.6 is 0 Å². The van der Waals surface area contributed by atoms with Crippen molar-refractivity contribution in [3.8, 4) is 5.75 Å². The summed E-state index contributed by atoms with van der Waals surface area (Å²) in [5.74, 6) is -4.03. The van der Waals surface area contributed by atoms with Gasteiger partial charge in [0, 0.05) is 44.2 Å². The van der Waals surface area contributed by atoms with Gasteiger partial charge in [-0.15, -0.1) is 0 Å². The first-order chi connectivity index (χ1) is 28.7. The first-order valence-corrected chi connectivity index (χ1v) is 20.5. The molecule has 2 aromatic carbocycles. The third-order valence-electron chi connectivity index (χ3n) is 9.61. The molecule has 17 nitrogen and oxygen atoms in total. The number of hydrogen-bond donors (Lipinski definition) is 8. The van der Waals surface area contributed by atoms with Crippen molar-refractivity contribution in [1.29, 1.82) is 0 Å². The van der Waals surface area contributed by atoms with E-state index in [-0.39, 0.29) is 44.3 Å². The number of benzene rings is 2. The van der Waals surface area contributed by atoms with Crippen LogP contribution in [-0.4, -0.2) is 94.6 Å². The number of ether oxygens (including phenoxy) is 1. The number of rotatable bonds is 26. The molecule has 0 saturated heterocycles. The van der Waals surface area contributed by atoms with Gasteiger partial charge in [0.05, 0.1) is 19.0 Å². The van der Waals surface area contributed by atoms with Crippen molar-refractivity contribution >= 4 is 41.3 Å². The first kappa shape index (κ1) is 48.1. The Kier molecular flexibility index (Phi) is 20.3. The molecule has 0 aliphatic rings. The van der Waals surface area contributed by atoms with E-state index in [4.69, 9.17) is 16.2 Å². The molecule has 17 heteroatoms. The maximum absolute atomic E-state index is 13.8. The molecule has 5 amide bonds. The highest BCUT2D eigenvalue weighted by atomic mass is 16.5. The fraction of sp³-hybridized carbons (Fsp3) is 0.488. The molecule has 0 spiro atoms. The van der Waals surface area contributed by atoms with Gasteiger partial charge in [0.15, 0.2) is 5.96 Å². The molecule has 0 bridgehead atoms. The van der Waals surface area contributed by atoms with Gasteiger partial charge in [-0.05, 0) is 68.2 Å². The summed E-state index contributed by atoms with van der Waals surface area (Å²) in [6.45, 7) is 8.75. The molecule has 3 rings (SSSR count). The fourth-order valence-electron chi connectivity index (χ4n) is 6.29. The molecule has 0 saturated carbocycles. The first-order valence-electron chi connectivity index (χ1n) is 20.5. The molecule has 3 aromatic rings. The number of H-pyrrole nitrogens is 1. The van der Waals surface area contributed by atoms with Crippen LogP contribution in [0.5, 0.6) is 5.75 Å². The Morgan fingerprint density at radius 3 is 2.08 bits per heavy atom. The van der Waals surface area contributed by atoms with Crippen LogP contribution in [0.15, 0.2) is 72.1 Å². The highest BCUT2D eigenvalue weighted by molar-refractivity contribution is 6.38. The van der Waals surface area contributed by atoms with Crippen LogP contribution in [0.4, 0.5) is 0 Å². The quantitative estimate of drug-likeness (QED) is 0.0252. The predicted octanol–water partition coefficient (Wildman–Crippen LogP) is 1.75. The highest BCUT2D eigenvalue weighted by Gasteiger charge is 2.33. The predicted molar refractivity (Wildman–Crippen MR) is 228 cm³/mol. The fourth-order valence-corrected chi connectivity index (χ4v) is 6.29. The van der Waals surface area contributed by atoms with Crippen molar-refractivity contribution in [1.82, 2.24) is 36.6 Å². The summed E-state index contributed by atoms with van der Waals surface area (Å²) in [5.41, 5.74) is 13.6. The van der Waals surface area contributed by atoms with Crippen molar-refractivity contribution in [3.63, 3.8) is 0 Å². The van der Waals surface area contributed by atoms with E-state index in [1.807, 2.05) is 54.6 Å². The summed E-state index contributed by atoms with van der Waals surface area (Å²) in [5, 5.41) is 13.4. The number of Topliss-reactive ketones (excluding diaryl/α,β-unsaturated/α-hetero) is 1. The number of carbonyl (C=O) groups excluding carboxylic acids is 6. The monoisotopic (exact) mass is 830 g/mol. The SMILES string of the molecule is CCCCc1ccc(OCC[C@H](Cc2ccccc2)NC(=O)C(=O)[C@H](C)NC(=O)[C@H](Cc2cnc[nH]2)NC(=O)[C@H](CCCN=C(N)N)NC(=O)[C@@H](NC(C)=O)C(C)C)cc1. The van der Waals surface area contributed by atoms with Gasteiger partial charge >= 0.3 is 0 Å². The molecule has 0 aliphatic carbocycles. The van der Waals surface area contributed by atoms with Gasteiger partial charge < -0.3 is 47.8 Å². The van der Waals surface area contributed by atoms with Crippen LogP contribution in [0.3, 0.4) is 0 Å². The van der Waals surface area contributed by atoms with E-state index in [2.05, 4.69) is 48.5 Å². The van der Waals surface area contributed by atoms with Crippen molar-refractivity contribution in [2.45, 2.75) is 116 Å². The third-order valence-corrected chi connectivity index (χ3v) is 9.61. The Labute approximate surface area is 352 Å². The molecular formula is C43H62N10O7. The number of amides is 5. The van der Waals surface area contributed by atoms with Crippen molar-refractivity contribution in [2.24, 2.45) is 22.4 Å². The van der Waals surface area contributed by atoms with Crippen LogP contribution in [0.2, 0.25) is 0 Å². The molecule has 1 aromatic heterocycles. The normalized spacial score (nSPS) is 13.4. The topological polar surface area (TPSA) is 265 Å². The maximum Gasteiger partial charge on any atom is 0.289 e. The number of carbonyl (C=O) groups is 6. The number of nitrogens with two attached hydrogens (primary N) is 2. The van der Waals surface area contributed by atoms with Crippen LogP contribution < -0.4 is 42.8 Å². The van der Waals surface area contributed by atoms with Crippen molar-refractivity contribution in [2.75, 3.05) is 13.2 Å². The molecular weight excluding hydrogens is 769 g/mol. The van der Waals surface area contributed by atoms with Gasteiger partial charge in [0.2, 0.25) is 29.4 Å². The minimum atomic E-state index is -1.28. The van der Waals surface area contributed by atoms with E-state index in [0.29, 0.717) is 24.3 Å². The lowest BCUT2D eigenvalue weighted by atomic mass is 10.0. The van der Waals surface area contributed by atoms with E-state index in [1.54, 1.807) is 13.8 Å². The molecule has 326 valence electrons. The summed E-state index contributed by atoms with van der Waals surface area (Å²) < 4.78 is 6.00. The van der Waals surface area contributed by atoms with Gasteiger partial charge in [0.25, 0.3) is 5.91 Å². The smallest absolute Gasteiger partial charge is 0.289 e. The average molecular weight is 831 g/mol. The van der Waals surface area contributed by atoms with Gasteiger partial charge in [0.1, 0.15) is 23.9 Å². The van der Waals surface area contributed by atoms with Crippen LogP contribution in [0.25, 0.3) is 0 Å². The summed E-state index contributed by atoms with van der Waals surface area (Å²) in [7, 11) is 0. The molecule has 10 N–H and O–H groups in total. The van der Waals surface area contributed by atoms with E-state index < -0.39 is 65.5 Å². The Morgan fingerprint density at radius 2 is 1.47 bits per heavy atom. The molecule has 0 fully saturated rings. The molecule has 60 heavy (non-hydrogen) atoms. The zero-order valence-corrected chi connectivity index (χ0v) is 35.3. The number of nitrogens with one attached hydrogen (secondary N) is 6. The number of aryl methyl sites for hydroxylation is 1. The standard InChI is InChI=1S/C43H62N10O7/c1-6-7-12-30-16-18-34(19-17-30)60-22-20-32(23-31-13-9-8-10-14-31)51-42(59)38(55)28(4)49-40(57)36(24-33-25-46-26-48-33)53-39(56)35(15-11-21-47-43(44)45)52-41(58)37(27(2)3)50-29(5)54/h8-10,13-14,16-19,25-28,32,35-37H,6-7,11-12,15,20-24H2,1-5H3,(H,46,48)(H,49,57)(H,50,54)(H,51,59)(H,52,58)(H,53,56)(H4,44,45,47)/t28-,32+,35-,36-,37-/m0/s1. The number of ketones is 1. The molecule has 0 aliphatic heterocycles. The van der Waals surface area contributed by atoms with Crippen LogP contribution in [-0.2, 0) is 48.0 Å². The van der Waals surface area contributed by atoms with E-state index in [1.165, 1.54) is 31.9 Å². The molecule has 5 atom stereocenters. The van der Waals surface area contributed by atoms with Crippen LogP contribution in [0, 0.1) is 5.92 Å². The molecule has 0 unspecified atom stereocenters. The number of aromatic nitrogens is 2. The number of nitrogens with zero attached hydrogens (tertiary/aromatic N) is 2. The lowest BCUT2D eigenvalue weighted by Crippen LogP contribution is -2.59. The number of imidazole rings is 1. The Bertz CT molecular complexity index is 1850. The van der Waals surface area contributed by atoms with E-state index in [0.717, 1.165) is 24.8 Å². The zero-order valence-electron chi connectivity index (χ0n) is 35.3. The number of aliphatic imine (C=N–C) groups is 1. The lowest BCUT2D eigenvalue weighted by Gasteiger charge is -2.27. The minimum Gasteiger partial charge on any atom is -0.494 e. The summed E-state index contributed by atoms with van der Waals surface area (Å²) >= 11 is 0. The van der Waals surface area contributed by atoms with Gasteiger partial charge in [-0.3, -0.25) is 33.8 Å². The lowest BCUT2D eigenvalue weighted by molar-refractivity contribution is -0.140. The number of unbranched alkanes of at least 4 members (excludes halogenated alkanes) is 1. The second-order valence-electron chi connectivity index (χ2n) is 15.1. The largest absolute Gasteiger partial charge is 0.494 e. The van der Waals surface area contributed by atoms with Gasteiger partial charge in [-0.25, -0.2) is 4.98 Å². The number of aromatic amines is 1. The Hall–Kier alpha value is -6.26. The second-order valence-corrected chi connectivity index (χ2v) is 15.1. The molecule has 0 radical (unpaired) electrons. The van der Waals surface area contributed by atoms with Crippen molar-refractivity contribution < 1.29 is 33.5 Å².